The summed E-state index contributed by atoms with van der Waals surface area (Å²) in [5.41, 5.74) is 1.15. The third-order valence-corrected chi connectivity index (χ3v) is 5.72. The van der Waals surface area contributed by atoms with E-state index in [0.717, 1.165) is 11.3 Å². The van der Waals surface area contributed by atoms with Crippen LogP contribution in [-0.4, -0.2) is 64.9 Å². The number of hydrogen-bond acceptors (Lipinski definition) is 6. The van der Waals surface area contributed by atoms with Gasteiger partial charge >= 0.3 is 11.9 Å². The standard InChI is InChI=1S/C20H28N2O5S/c1-3-27-20(26)16(13-28-12-15-8-5-4-6-9-15)21-14(2)18(23)22-11-7-10-17(22)19(24)25/h4-6,8-9,14,16-17,21H,3,7,10-13H2,1-2H3,(H,24,25)/t14?,16-,17-/m0/s1. The fourth-order valence-corrected chi connectivity index (χ4v) is 4.22. The van der Waals surface area contributed by atoms with Gasteiger partial charge < -0.3 is 14.7 Å². The SMILES string of the molecule is CCOC(=O)[C@H](CSCc1ccccc1)NC(C)C(=O)N1CCC[C@H]1C(=O)O. The molecule has 0 spiro atoms. The zero-order valence-electron chi connectivity index (χ0n) is 16.3. The highest BCUT2D eigenvalue weighted by Gasteiger charge is 2.37. The Labute approximate surface area is 169 Å². The number of nitrogens with zero attached hydrogens (tertiary/aromatic N) is 1. The Morgan fingerprint density at radius 2 is 2.04 bits per heavy atom. The maximum atomic E-state index is 12.7. The van der Waals surface area contributed by atoms with Gasteiger partial charge in [-0.05, 0) is 32.3 Å². The monoisotopic (exact) mass is 408 g/mol. The van der Waals surface area contributed by atoms with Gasteiger partial charge in [0.25, 0.3) is 0 Å². The average molecular weight is 409 g/mol. The number of thioether (sulfide) groups is 1. The molecule has 1 aliphatic rings. The van der Waals surface area contributed by atoms with E-state index in [-0.39, 0.29) is 12.5 Å². The first-order chi connectivity index (χ1) is 13.4. The number of nitrogens with one attached hydrogen (secondary N) is 1. The smallest absolute Gasteiger partial charge is 0.326 e. The van der Waals surface area contributed by atoms with E-state index < -0.39 is 30.1 Å². The summed E-state index contributed by atoms with van der Waals surface area (Å²) in [6, 6.07) is 7.82. The number of hydrogen-bond donors (Lipinski definition) is 2. The average Bonchev–Trinajstić information content (AvgIpc) is 3.17. The van der Waals surface area contributed by atoms with Crippen molar-refractivity contribution in [1.29, 1.82) is 0 Å². The number of carbonyl (C=O) groups is 3. The second kappa shape index (κ2) is 11.1. The van der Waals surface area contributed by atoms with Crippen molar-refractivity contribution in [3.05, 3.63) is 35.9 Å². The van der Waals surface area contributed by atoms with Crippen LogP contribution in [0.1, 0.15) is 32.3 Å². The van der Waals surface area contributed by atoms with Crippen LogP contribution in [0.4, 0.5) is 0 Å². The van der Waals surface area contributed by atoms with Crippen molar-refractivity contribution < 1.29 is 24.2 Å². The van der Waals surface area contributed by atoms with Crippen molar-refractivity contribution >= 4 is 29.6 Å². The highest BCUT2D eigenvalue weighted by atomic mass is 32.2. The lowest BCUT2D eigenvalue weighted by Gasteiger charge is -2.27. The molecule has 2 N–H and O–H groups in total. The normalized spacial score (nSPS) is 18.5. The number of aliphatic carboxylic acids is 1. The number of carbonyl (C=O) groups excluding carboxylic acids is 2. The number of benzene rings is 1. The lowest BCUT2D eigenvalue weighted by atomic mass is 10.2. The van der Waals surface area contributed by atoms with Crippen LogP contribution in [0.25, 0.3) is 0 Å². The summed E-state index contributed by atoms with van der Waals surface area (Å²) in [5, 5.41) is 12.3. The van der Waals surface area contributed by atoms with E-state index in [9.17, 15) is 19.5 Å². The van der Waals surface area contributed by atoms with Gasteiger partial charge in [-0.3, -0.25) is 14.9 Å². The maximum absolute atomic E-state index is 12.7. The Morgan fingerprint density at radius 3 is 2.68 bits per heavy atom. The minimum Gasteiger partial charge on any atom is -0.480 e. The summed E-state index contributed by atoms with van der Waals surface area (Å²) in [6.45, 7) is 4.08. The van der Waals surface area contributed by atoms with Crippen LogP contribution in [0, 0.1) is 0 Å². The summed E-state index contributed by atoms with van der Waals surface area (Å²) in [7, 11) is 0. The minimum atomic E-state index is -0.988. The molecule has 0 saturated carbocycles. The van der Waals surface area contributed by atoms with Crippen molar-refractivity contribution in [1.82, 2.24) is 10.2 Å². The Balaban J connectivity index is 1.95. The number of carboxylic acids is 1. The topological polar surface area (TPSA) is 95.9 Å². The molecule has 1 unspecified atom stereocenters. The maximum Gasteiger partial charge on any atom is 0.326 e. The van der Waals surface area contributed by atoms with E-state index >= 15 is 0 Å². The zero-order valence-corrected chi connectivity index (χ0v) is 17.1. The largest absolute Gasteiger partial charge is 0.480 e. The molecule has 0 radical (unpaired) electrons. The van der Waals surface area contributed by atoms with Gasteiger partial charge in [0.15, 0.2) is 0 Å². The lowest BCUT2D eigenvalue weighted by Crippen LogP contribution is -2.54. The molecular weight excluding hydrogens is 380 g/mol. The van der Waals surface area contributed by atoms with Crippen LogP contribution in [0.5, 0.6) is 0 Å². The summed E-state index contributed by atoms with van der Waals surface area (Å²) >= 11 is 1.58. The Bertz CT molecular complexity index is 670. The molecule has 1 aromatic rings. The molecule has 1 aromatic carbocycles. The Hall–Kier alpha value is -2.06. The fraction of sp³-hybridized carbons (Fsp3) is 0.550. The molecule has 3 atom stereocenters. The molecule has 1 heterocycles. The van der Waals surface area contributed by atoms with Crippen LogP contribution in [0.3, 0.4) is 0 Å². The summed E-state index contributed by atoms with van der Waals surface area (Å²) in [5.74, 6) is -0.494. The summed E-state index contributed by atoms with van der Waals surface area (Å²) < 4.78 is 5.14. The first-order valence-corrected chi connectivity index (χ1v) is 10.7. The third kappa shape index (κ3) is 6.24. The molecule has 1 fully saturated rings. The fourth-order valence-electron chi connectivity index (χ4n) is 3.20. The van der Waals surface area contributed by atoms with E-state index in [1.165, 1.54) is 4.90 Å². The number of rotatable bonds is 10. The third-order valence-electron chi connectivity index (χ3n) is 4.61. The van der Waals surface area contributed by atoms with Gasteiger partial charge in [0.05, 0.1) is 12.6 Å². The number of likely N-dealkylation sites (tertiary alicyclic amines) is 1. The van der Waals surface area contributed by atoms with Crippen molar-refractivity contribution in [2.75, 3.05) is 18.9 Å². The second-order valence-corrected chi connectivity index (χ2v) is 7.75. The number of carboxylic acid groups (broad SMARTS) is 1. The van der Waals surface area contributed by atoms with Crippen LogP contribution in [0.15, 0.2) is 30.3 Å². The van der Waals surface area contributed by atoms with Crippen LogP contribution in [-0.2, 0) is 24.9 Å². The van der Waals surface area contributed by atoms with Gasteiger partial charge in [0.1, 0.15) is 12.1 Å². The van der Waals surface area contributed by atoms with Crippen molar-refractivity contribution in [3.63, 3.8) is 0 Å². The highest BCUT2D eigenvalue weighted by Crippen LogP contribution is 2.19. The molecule has 154 valence electrons. The minimum absolute atomic E-state index is 0.260. The molecule has 2 rings (SSSR count). The predicted molar refractivity (Wildman–Crippen MR) is 108 cm³/mol. The summed E-state index contributed by atoms with van der Waals surface area (Å²) in [4.78, 5) is 37.8. The van der Waals surface area contributed by atoms with Crippen molar-refractivity contribution in [2.24, 2.45) is 0 Å². The first-order valence-electron chi connectivity index (χ1n) is 9.51. The highest BCUT2D eigenvalue weighted by molar-refractivity contribution is 7.98. The number of amides is 1. The van der Waals surface area contributed by atoms with Gasteiger partial charge in [-0.1, -0.05) is 30.3 Å². The Kier molecular flexibility index (Phi) is 8.79. The molecule has 7 nitrogen and oxygen atoms in total. The predicted octanol–water partition coefficient (Wildman–Crippen LogP) is 1.91. The van der Waals surface area contributed by atoms with E-state index in [1.807, 2.05) is 30.3 Å². The number of esters is 1. The molecule has 1 saturated heterocycles. The van der Waals surface area contributed by atoms with Crippen LogP contribution in [0.2, 0.25) is 0 Å². The molecule has 0 aromatic heterocycles. The molecule has 1 aliphatic heterocycles. The summed E-state index contributed by atoms with van der Waals surface area (Å²) in [6.07, 6.45) is 1.13. The van der Waals surface area contributed by atoms with Crippen molar-refractivity contribution in [3.8, 4) is 0 Å². The van der Waals surface area contributed by atoms with Crippen LogP contribution >= 0.6 is 11.8 Å². The van der Waals surface area contributed by atoms with Gasteiger partial charge in [-0.15, -0.1) is 0 Å². The quantitative estimate of drug-likeness (QED) is 0.571. The van der Waals surface area contributed by atoms with E-state index in [4.69, 9.17) is 4.74 Å². The molecule has 1 amide bonds. The van der Waals surface area contributed by atoms with Crippen LogP contribution < -0.4 is 5.32 Å². The van der Waals surface area contributed by atoms with E-state index in [2.05, 4.69) is 5.32 Å². The van der Waals surface area contributed by atoms with Gasteiger partial charge in [0, 0.05) is 18.1 Å². The van der Waals surface area contributed by atoms with E-state index in [0.29, 0.717) is 25.1 Å². The molecule has 28 heavy (non-hydrogen) atoms. The molecular formula is C20H28N2O5S. The van der Waals surface area contributed by atoms with E-state index in [1.54, 1.807) is 25.6 Å². The second-order valence-electron chi connectivity index (χ2n) is 6.72. The lowest BCUT2D eigenvalue weighted by molar-refractivity contribution is -0.150. The first kappa shape index (κ1) is 22.2. The van der Waals surface area contributed by atoms with Gasteiger partial charge in [-0.2, -0.15) is 11.8 Å². The van der Waals surface area contributed by atoms with Gasteiger partial charge in [0.2, 0.25) is 5.91 Å². The molecule has 8 heteroatoms. The van der Waals surface area contributed by atoms with Gasteiger partial charge in [-0.25, -0.2) is 4.79 Å². The molecule has 0 aliphatic carbocycles. The molecule has 0 bridgehead atoms. The van der Waals surface area contributed by atoms with Crippen molar-refractivity contribution in [2.45, 2.75) is 50.6 Å². The zero-order chi connectivity index (χ0) is 20.5. The number of ether oxygens (including phenoxy) is 1. The Morgan fingerprint density at radius 1 is 1.32 bits per heavy atom.